The third-order valence-corrected chi connectivity index (χ3v) is 6.35. The topological polar surface area (TPSA) is 87.9 Å². The van der Waals surface area contributed by atoms with Gasteiger partial charge in [-0.05, 0) is 49.1 Å². The minimum absolute atomic E-state index is 0.0474. The monoisotopic (exact) mass is 445 g/mol. The van der Waals surface area contributed by atoms with Gasteiger partial charge in [0, 0.05) is 59.6 Å². The fourth-order valence-electron chi connectivity index (χ4n) is 4.44. The molecule has 5 rings (SSSR count). The van der Waals surface area contributed by atoms with Crippen LogP contribution < -0.4 is 5.73 Å². The largest absolute Gasteiger partial charge is 0.399 e. The van der Waals surface area contributed by atoms with Gasteiger partial charge in [0.15, 0.2) is 0 Å². The van der Waals surface area contributed by atoms with E-state index in [9.17, 15) is 4.79 Å². The molecule has 0 unspecified atom stereocenters. The summed E-state index contributed by atoms with van der Waals surface area (Å²) in [4.78, 5) is 27.4. The predicted molar refractivity (Wildman–Crippen MR) is 128 cm³/mol. The number of rotatable bonds is 4. The first kappa shape index (κ1) is 20.5. The number of nitrogens with zero attached hydrogens (tertiary/aromatic N) is 3. The van der Waals surface area contributed by atoms with Gasteiger partial charge < -0.3 is 15.6 Å². The van der Waals surface area contributed by atoms with E-state index in [2.05, 4.69) is 16.0 Å². The Morgan fingerprint density at radius 3 is 2.84 bits per heavy atom. The molecule has 7 heteroatoms. The molecule has 1 saturated heterocycles. The number of aromatic amines is 1. The van der Waals surface area contributed by atoms with E-state index in [1.54, 1.807) is 30.5 Å². The van der Waals surface area contributed by atoms with Gasteiger partial charge in [0.25, 0.3) is 5.91 Å². The van der Waals surface area contributed by atoms with Gasteiger partial charge in [0.05, 0.1) is 10.7 Å². The van der Waals surface area contributed by atoms with E-state index in [0.29, 0.717) is 35.2 Å². The van der Waals surface area contributed by atoms with Crippen LogP contribution in [0, 0.1) is 5.92 Å². The molecule has 32 heavy (non-hydrogen) atoms. The summed E-state index contributed by atoms with van der Waals surface area (Å²) in [5, 5.41) is 1.61. The summed E-state index contributed by atoms with van der Waals surface area (Å²) in [6.07, 6.45) is 6.34. The maximum Gasteiger partial charge on any atom is 0.253 e. The van der Waals surface area contributed by atoms with Crippen molar-refractivity contribution < 1.29 is 4.79 Å². The number of nitrogens with one attached hydrogen (secondary N) is 1. The predicted octanol–water partition coefficient (Wildman–Crippen LogP) is 4.96. The quantitative estimate of drug-likeness (QED) is 0.435. The zero-order chi connectivity index (χ0) is 22.1. The number of hydrogen-bond donors (Lipinski definition) is 2. The van der Waals surface area contributed by atoms with E-state index in [0.717, 1.165) is 47.4 Å². The first-order valence-corrected chi connectivity index (χ1v) is 11.2. The number of anilines is 1. The number of nitrogens with two attached hydrogens (primary N) is 1. The van der Waals surface area contributed by atoms with Crippen molar-refractivity contribution in [2.75, 3.05) is 18.8 Å². The number of aromatic nitrogens is 3. The fourth-order valence-corrected chi connectivity index (χ4v) is 4.63. The number of carbonyl (C=O) groups excluding carboxylic acids is 1. The lowest BCUT2D eigenvalue weighted by Crippen LogP contribution is -2.40. The van der Waals surface area contributed by atoms with E-state index in [-0.39, 0.29) is 5.91 Å². The van der Waals surface area contributed by atoms with Gasteiger partial charge in [0.2, 0.25) is 0 Å². The third-order valence-electron chi connectivity index (χ3n) is 6.07. The van der Waals surface area contributed by atoms with Crippen molar-refractivity contribution >= 4 is 34.1 Å². The molecule has 3 N–H and O–H groups in total. The van der Waals surface area contributed by atoms with Crippen molar-refractivity contribution in [2.24, 2.45) is 5.92 Å². The van der Waals surface area contributed by atoms with E-state index in [4.69, 9.17) is 22.3 Å². The number of H-pyrrole nitrogens is 1. The molecule has 3 heterocycles. The number of halogens is 1. The summed E-state index contributed by atoms with van der Waals surface area (Å²) >= 11 is 6.47. The van der Waals surface area contributed by atoms with Crippen LogP contribution in [0.3, 0.4) is 0 Å². The molecule has 2 aromatic heterocycles. The van der Waals surface area contributed by atoms with Crippen LogP contribution in [0.1, 0.15) is 29.0 Å². The van der Waals surface area contributed by atoms with E-state index >= 15 is 0 Å². The summed E-state index contributed by atoms with van der Waals surface area (Å²) in [7, 11) is 0. The van der Waals surface area contributed by atoms with Crippen LogP contribution in [0.25, 0.3) is 22.2 Å². The van der Waals surface area contributed by atoms with Crippen molar-refractivity contribution in [1.29, 1.82) is 0 Å². The van der Waals surface area contributed by atoms with Crippen molar-refractivity contribution in [3.05, 3.63) is 77.3 Å². The van der Waals surface area contributed by atoms with Crippen LogP contribution in [0.15, 0.2) is 60.9 Å². The lowest BCUT2D eigenvalue weighted by molar-refractivity contribution is 0.0672. The Labute approximate surface area is 191 Å². The molecule has 2 aromatic carbocycles. The third kappa shape index (κ3) is 4.06. The van der Waals surface area contributed by atoms with Crippen molar-refractivity contribution in [3.63, 3.8) is 0 Å². The number of piperidine rings is 1. The molecule has 0 spiro atoms. The minimum Gasteiger partial charge on any atom is -0.399 e. The molecule has 0 aliphatic carbocycles. The number of amides is 1. The molecule has 1 aliphatic heterocycles. The second-order valence-electron chi connectivity index (χ2n) is 8.32. The molecule has 0 saturated carbocycles. The van der Waals surface area contributed by atoms with Crippen LogP contribution in [-0.4, -0.2) is 38.8 Å². The Morgan fingerprint density at radius 2 is 2.00 bits per heavy atom. The molecule has 4 aromatic rings. The number of carbonyl (C=O) groups is 1. The van der Waals surface area contributed by atoms with Gasteiger partial charge >= 0.3 is 0 Å². The number of nitrogen functional groups attached to an aromatic ring is 1. The smallest absolute Gasteiger partial charge is 0.253 e. The van der Waals surface area contributed by atoms with Gasteiger partial charge in [0.1, 0.15) is 5.82 Å². The minimum atomic E-state index is 0.0474. The molecule has 1 atom stereocenters. The Balaban J connectivity index is 1.34. The van der Waals surface area contributed by atoms with E-state index in [1.807, 2.05) is 29.3 Å². The molecule has 162 valence electrons. The zero-order valence-electron chi connectivity index (χ0n) is 17.6. The van der Waals surface area contributed by atoms with Crippen LogP contribution in [-0.2, 0) is 6.42 Å². The molecule has 0 radical (unpaired) electrons. The highest BCUT2D eigenvalue weighted by Gasteiger charge is 2.25. The van der Waals surface area contributed by atoms with Gasteiger partial charge in [-0.15, -0.1) is 0 Å². The molecule has 1 amide bonds. The lowest BCUT2D eigenvalue weighted by atomic mass is 9.94. The number of para-hydroxylation sites is 1. The van der Waals surface area contributed by atoms with Crippen molar-refractivity contribution in [1.82, 2.24) is 19.9 Å². The first-order chi connectivity index (χ1) is 15.6. The second kappa shape index (κ2) is 8.63. The Morgan fingerprint density at radius 1 is 1.19 bits per heavy atom. The van der Waals surface area contributed by atoms with Crippen LogP contribution in [0.4, 0.5) is 5.69 Å². The Kier molecular flexibility index (Phi) is 5.53. The number of fused-ring (bicyclic) bond motifs is 1. The maximum absolute atomic E-state index is 12.9. The van der Waals surface area contributed by atoms with Crippen molar-refractivity contribution in [2.45, 2.75) is 19.3 Å². The Bertz CT molecular complexity index is 1270. The number of likely N-dealkylation sites (tertiary alicyclic amines) is 1. The summed E-state index contributed by atoms with van der Waals surface area (Å²) in [6, 6.07) is 15.2. The standard InChI is InChI=1S/C25H24ClN5O/c26-21-14-29-23(30-24(21)20-13-28-22-6-2-1-5-19(20)22)12-16-4-3-11-31(15-16)25(32)17-7-9-18(27)10-8-17/h1-2,5-10,13-14,16,28H,3-4,11-12,15,27H2/t16-/m0/s1. The molecule has 1 aliphatic rings. The maximum atomic E-state index is 12.9. The first-order valence-electron chi connectivity index (χ1n) is 10.8. The average Bonchev–Trinajstić information content (AvgIpc) is 3.25. The highest BCUT2D eigenvalue weighted by Crippen LogP contribution is 2.32. The van der Waals surface area contributed by atoms with Gasteiger partial charge in [-0.25, -0.2) is 9.97 Å². The van der Waals surface area contributed by atoms with Gasteiger partial charge in [-0.3, -0.25) is 4.79 Å². The van der Waals surface area contributed by atoms with E-state index in [1.165, 1.54) is 0 Å². The molecule has 6 nitrogen and oxygen atoms in total. The summed E-state index contributed by atoms with van der Waals surface area (Å²) in [6.45, 7) is 1.46. The van der Waals surface area contributed by atoms with Gasteiger partial charge in [-0.1, -0.05) is 29.8 Å². The molecular weight excluding hydrogens is 422 g/mol. The highest BCUT2D eigenvalue weighted by molar-refractivity contribution is 6.33. The zero-order valence-corrected chi connectivity index (χ0v) is 18.3. The number of hydrogen-bond acceptors (Lipinski definition) is 4. The molecule has 0 bridgehead atoms. The normalized spacial score (nSPS) is 16.4. The van der Waals surface area contributed by atoms with E-state index < -0.39 is 0 Å². The van der Waals surface area contributed by atoms with Crippen LogP contribution in [0.5, 0.6) is 0 Å². The van der Waals surface area contributed by atoms with Gasteiger partial charge in [-0.2, -0.15) is 0 Å². The summed E-state index contributed by atoms with van der Waals surface area (Å²) in [5.74, 6) is 1.10. The lowest BCUT2D eigenvalue weighted by Gasteiger charge is -2.32. The van der Waals surface area contributed by atoms with Crippen LogP contribution in [0.2, 0.25) is 5.02 Å². The highest BCUT2D eigenvalue weighted by atomic mass is 35.5. The summed E-state index contributed by atoms with van der Waals surface area (Å²) < 4.78 is 0. The Hall–Kier alpha value is -3.38. The average molecular weight is 446 g/mol. The summed E-state index contributed by atoms with van der Waals surface area (Å²) in [5.41, 5.74) is 9.83. The number of benzene rings is 2. The fraction of sp³-hybridized carbons (Fsp3) is 0.240. The second-order valence-corrected chi connectivity index (χ2v) is 8.72. The SMILES string of the molecule is Nc1ccc(C(=O)N2CCC[C@@H](Cc3ncc(Cl)c(-c4c[nH]c5ccccc45)n3)C2)cc1. The van der Waals surface area contributed by atoms with Crippen molar-refractivity contribution in [3.8, 4) is 11.3 Å². The van der Waals surface area contributed by atoms with Crippen LogP contribution >= 0.6 is 11.6 Å². The molecular formula is C25H24ClN5O. The molecule has 1 fully saturated rings.